The van der Waals surface area contributed by atoms with Crippen LogP contribution in [0.15, 0.2) is 6.33 Å². The topological polar surface area (TPSA) is 167 Å². The number of aliphatic hydroxyl groups is 3. The van der Waals surface area contributed by atoms with E-state index in [1.165, 1.54) is 13.3 Å². The zero-order valence-electron chi connectivity index (χ0n) is 11.6. The molecule has 118 valence electrons. The molecule has 1 fully saturated rings. The van der Waals surface area contributed by atoms with Crippen LogP contribution in [0.4, 0.5) is 0 Å². The summed E-state index contributed by atoms with van der Waals surface area (Å²) in [5.74, 6) is -0.844. The van der Waals surface area contributed by atoms with Gasteiger partial charge in [0.1, 0.15) is 29.4 Å². The maximum Gasteiger partial charge on any atom is 0.269 e. The molecule has 3 rings (SSSR count). The maximum absolute atomic E-state index is 11.5. The highest BCUT2D eigenvalue weighted by atomic mass is 16.6. The number of ether oxygens (including phenoxy) is 1. The highest BCUT2D eigenvalue weighted by Crippen LogP contribution is 2.40. The molecule has 10 nitrogen and oxygen atoms in total. The molecule has 6 N–H and O–H groups in total. The number of aromatic amines is 1. The van der Waals surface area contributed by atoms with Gasteiger partial charge in [0.2, 0.25) is 0 Å². The first-order valence-electron chi connectivity index (χ1n) is 6.53. The average molecular weight is 309 g/mol. The fraction of sp³-hybridized carbons (Fsp3) is 0.500. The van der Waals surface area contributed by atoms with Crippen LogP contribution in [0.5, 0.6) is 0 Å². The van der Waals surface area contributed by atoms with Crippen LogP contribution in [0.3, 0.4) is 0 Å². The minimum absolute atomic E-state index is 0.0365. The van der Waals surface area contributed by atoms with Crippen LogP contribution in [0, 0.1) is 0 Å². The van der Waals surface area contributed by atoms with Crippen LogP contribution in [-0.4, -0.2) is 65.6 Å². The Morgan fingerprint density at radius 3 is 2.86 bits per heavy atom. The quantitative estimate of drug-likeness (QED) is 0.433. The Balaban J connectivity index is 2.12. The maximum atomic E-state index is 11.5. The number of H-pyrrole nitrogens is 1. The van der Waals surface area contributed by atoms with Crippen molar-refractivity contribution in [1.29, 1.82) is 0 Å². The summed E-state index contributed by atoms with van der Waals surface area (Å²) >= 11 is 0. The molecule has 22 heavy (non-hydrogen) atoms. The number of hydrogen-bond acceptors (Lipinski definition) is 8. The first-order chi connectivity index (χ1) is 10.4. The number of imidazole rings is 1. The summed E-state index contributed by atoms with van der Waals surface area (Å²) in [6, 6.07) is 0. The van der Waals surface area contributed by atoms with Crippen LogP contribution >= 0.6 is 0 Å². The van der Waals surface area contributed by atoms with Crippen molar-refractivity contribution in [1.82, 2.24) is 19.9 Å². The molecule has 0 aliphatic carbocycles. The van der Waals surface area contributed by atoms with Crippen molar-refractivity contribution in [3.05, 3.63) is 17.8 Å². The molecule has 1 amide bonds. The van der Waals surface area contributed by atoms with E-state index in [2.05, 4.69) is 19.9 Å². The monoisotopic (exact) mass is 309 g/mol. The van der Waals surface area contributed by atoms with Gasteiger partial charge in [-0.15, -0.1) is 0 Å². The number of nitrogens with zero attached hydrogens (tertiary/aromatic N) is 3. The van der Waals surface area contributed by atoms with Crippen LogP contribution in [0.2, 0.25) is 0 Å². The highest BCUT2D eigenvalue weighted by Gasteiger charge is 2.53. The lowest BCUT2D eigenvalue weighted by molar-refractivity contribution is -0.0674. The zero-order valence-corrected chi connectivity index (χ0v) is 11.6. The highest BCUT2D eigenvalue weighted by molar-refractivity contribution is 6.01. The number of nitrogens with two attached hydrogens (primary N) is 1. The number of amides is 1. The number of aromatic nitrogens is 4. The van der Waals surface area contributed by atoms with Crippen LogP contribution in [0.1, 0.15) is 29.3 Å². The van der Waals surface area contributed by atoms with E-state index in [-0.39, 0.29) is 22.7 Å². The van der Waals surface area contributed by atoms with Gasteiger partial charge in [0.05, 0.1) is 12.9 Å². The van der Waals surface area contributed by atoms with Crippen LogP contribution in [-0.2, 0) is 4.74 Å². The Morgan fingerprint density at radius 1 is 1.55 bits per heavy atom. The molecule has 3 heterocycles. The van der Waals surface area contributed by atoms with E-state index in [9.17, 15) is 20.1 Å². The SMILES string of the molecule is C[C@@]1(O)[C@H](O)[C@@H](CO)O[C@H]1c1nc(C(N)=O)c2nc[nH]c2n1. The molecule has 10 heteroatoms. The number of aliphatic hydroxyl groups excluding tert-OH is 2. The van der Waals surface area contributed by atoms with Gasteiger partial charge < -0.3 is 30.8 Å². The summed E-state index contributed by atoms with van der Waals surface area (Å²) in [6.07, 6.45) is -2.13. The molecular formula is C12H15N5O5. The Morgan fingerprint density at radius 2 is 2.27 bits per heavy atom. The predicted molar refractivity (Wildman–Crippen MR) is 71.5 cm³/mol. The molecule has 1 saturated heterocycles. The summed E-state index contributed by atoms with van der Waals surface area (Å²) < 4.78 is 5.42. The third kappa shape index (κ3) is 2.04. The molecular weight excluding hydrogens is 294 g/mol. The summed E-state index contributed by atoms with van der Waals surface area (Å²) in [5.41, 5.74) is 3.87. The van der Waals surface area contributed by atoms with Gasteiger partial charge in [-0.1, -0.05) is 0 Å². The third-order valence-electron chi connectivity index (χ3n) is 3.74. The Hall–Kier alpha value is -2.14. The average Bonchev–Trinajstić information content (AvgIpc) is 3.02. The normalized spacial score (nSPS) is 31.7. The predicted octanol–water partition coefficient (Wildman–Crippen LogP) is -2.00. The molecule has 0 radical (unpaired) electrons. The second kappa shape index (κ2) is 4.95. The fourth-order valence-corrected chi connectivity index (χ4v) is 2.53. The van der Waals surface area contributed by atoms with Gasteiger partial charge in [-0.3, -0.25) is 4.79 Å². The fourth-order valence-electron chi connectivity index (χ4n) is 2.53. The number of hydrogen-bond donors (Lipinski definition) is 5. The molecule has 0 spiro atoms. The minimum Gasteiger partial charge on any atom is -0.394 e. The largest absolute Gasteiger partial charge is 0.394 e. The van der Waals surface area contributed by atoms with Crippen molar-refractivity contribution in [3.8, 4) is 0 Å². The Kier molecular flexibility index (Phi) is 3.33. The molecule has 4 atom stereocenters. The van der Waals surface area contributed by atoms with Crippen molar-refractivity contribution >= 4 is 17.1 Å². The standard InChI is InChI=1S/C12H15N5O5/c1-12(21)7(19)4(2-18)22-8(12)11-16-5(9(13)20)6-10(17-11)15-3-14-6/h3-4,7-8,18-19,21H,2H2,1H3,(H2,13,20)(H,14,15,16,17)/t4-,7-,8+,12-/m1/s1. The van der Waals surface area contributed by atoms with E-state index in [1.807, 2.05) is 0 Å². The van der Waals surface area contributed by atoms with E-state index >= 15 is 0 Å². The number of nitrogens with one attached hydrogen (secondary N) is 1. The van der Waals surface area contributed by atoms with Crippen LogP contribution < -0.4 is 5.73 Å². The van der Waals surface area contributed by atoms with Gasteiger partial charge in [0, 0.05) is 0 Å². The molecule has 1 aliphatic rings. The number of carbonyl (C=O) groups is 1. The number of rotatable bonds is 3. The first kappa shape index (κ1) is 14.8. The lowest BCUT2D eigenvalue weighted by atomic mass is 9.92. The van der Waals surface area contributed by atoms with Crippen molar-refractivity contribution in [2.45, 2.75) is 30.8 Å². The molecule has 0 bridgehead atoms. The van der Waals surface area contributed by atoms with Gasteiger partial charge in [-0.25, -0.2) is 15.0 Å². The Bertz CT molecular complexity index is 730. The molecule has 2 aromatic rings. The third-order valence-corrected chi connectivity index (χ3v) is 3.74. The summed E-state index contributed by atoms with van der Waals surface area (Å²) in [4.78, 5) is 26.3. The number of fused-ring (bicyclic) bond motifs is 1. The molecule has 0 aromatic carbocycles. The van der Waals surface area contributed by atoms with E-state index in [4.69, 9.17) is 10.5 Å². The van der Waals surface area contributed by atoms with Gasteiger partial charge in [-0.05, 0) is 6.92 Å². The molecule has 0 saturated carbocycles. The van der Waals surface area contributed by atoms with E-state index in [0.717, 1.165) is 0 Å². The van der Waals surface area contributed by atoms with Crippen molar-refractivity contribution in [2.24, 2.45) is 5.73 Å². The van der Waals surface area contributed by atoms with E-state index in [0.29, 0.717) is 0 Å². The zero-order chi connectivity index (χ0) is 16.1. The second-order valence-electron chi connectivity index (χ2n) is 5.30. The first-order valence-corrected chi connectivity index (χ1v) is 6.53. The number of carbonyl (C=O) groups excluding carboxylic acids is 1. The van der Waals surface area contributed by atoms with Gasteiger partial charge in [0.15, 0.2) is 17.2 Å². The smallest absolute Gasteiger partial charge is 0.269 e. The van der Waals surface area contributed by atoms with E-state index in [1.54, 1.807) is 0 Å². The summed E-state index contributed by atoms with van der Waals surface area (Å²) in [6.45, 7) is 0.852. The lowest BCUT2D eigenvalue weighted by Gasteiger charge is -2.25. The molecule has 0 unspecified atom stereocenters. The summed E-state index contributed by atoms with van der Waals surface area (Å²) in [5, 5.41) is 29.6. The van der Waals surface area contributed by atoms with Crippen molar-refractivity contribution < 1.29 is 24.9 Å². The van der Waals surface area contributed by atoms with Crippen molar-refractivity contribution in [3.63, 3.8) is 0 Å². The second-order valence-corrected chi connectivity index (χ2v) is 5.30. The van der Waals surface area contributed by atoms with E-state index < -0.39 is 36.4 Å². The minimum atomic E-state index is -1.74. The van der Waals surface area contributed by atoms with Crippen molar-refractivity contribution in [2.75, 3.05) is 6.61 Å². The Labute approximate surface area is 124 Å². The van der Waals surface area contributed by atoms with Gasteiger partial charge in [0.25, 0.3) is 5.91 Å². The summed E-state index contributed by atoms with van der Waals surface area (Å²) in [7, 11) is 0. The molecule has 2 aromatic heterocycles. The lowest BCUT2D eigenvalue weighted by Crippen LogP contribution is -2.43. The van der Waals surface area contributed by atoms with Gasteiger partial charge >= 0.3 is 0 Å². The van der Waals surface area contributed by atoms with Gasteiger partial charge in [-0.2, -0.15) is 0 Å². The molecule has 1 aliphatic heterocycles. The number of primary amides is 1. The van der Waals surface area contributed by atoms with Crippen LogP contribution in [0.25, 0.3) is 11.2 Å².